The predicted octanol–water partition coefficient (Wildman–Crippen LogP) is 5.44. The van der Waals surface area contributed by atoms with Gasteiger partial charge in [0.1, 0.15) is 17.3 Å². The monoisotopic (exact) mass is 439 g/mol. The molecule has 2 aromatic heterocycles. The van der Waals surface area contributed by atoms with Crippen LogP contribution in [0, 0.1) is 11.3 Å². The molecule has 0 saturated carbocycles. The van der Waals surface area contributed by atoms with E-state index in [9.17, 15) is 10.1 Å². The van der Waals surface area contributed by atoms with E-state index in [0.29, 0.717) is 23.1 Å². The lowest BCUT2D eigenvalue weighted by Gasteiger charge is -2.16. The van der Waals surface area contributed by atoms with Gasteiger partial charge < -0.3 is 14.6 Å². The molecular weight excluding hydrogens is 414 g/mol. The van der Waals surface area contributed by atoms with Crippen LogP contribution in [0.4, 0.5) is 11.6 Å². The molecular formula is C26H25N5O2. The van der Waals surface area contributed by atoms with Crippen LogP contribution in [-0.2, 0) is 23.7 Å². The van der Waals surface area contributed by atoms with Crippen molar-refractivity contribution in [3.8, 4) is 17.6 Å². The fourth-order valence-electron chi connectivity index (χ4n) is 3.52. The summed E-state index contributed by atoms with van der Waals surface area (Å²) in [5.41, 5.74) is 3.74. The number of Topliss-reactive ketones (excluding diaryl/α,β-unsaturated/α-hetero) is 1. The average Bonchev–Trinajstić information content (AvgIpc) is 3.09. The minimum Gasteiger partial charge on any atom is -0.457 e. The van der Waals surface area contributed by atoms with Gasteiger partial charge in [-0.1, -0.05) is 12.1 Å². The number of nitriles is 1. The number of carbonyl (C=O) groups is 1. The van der Waals surface area contributed by atoms with Gasteiger partial charge in [-0.05, 0) is 56.7 Å². The number of rotatable bonds is 7. The highest BCUT2D eigenvalue weighted by Gasteiger charge is 2.19. The van der Waals surface area contributed by atoms with Gasteiger partial charge in [0.05, 0.1) is 28.2 Å². The molecule has 0 bridgehead atoms. The molecule has 0 atom stereocenters. The first-order valence-corrected chi connectivity index (χ1v) is 10.6. The molecule has 166 valence electrons. The van der Waals surface area contributed by atoms with Gasteiger partial charge in [-0.3, -0.25) is 9.78 Å². The van der Waals surface area contributed by atoms with Crippen molar-refractivity contribution in [3.05, 3.63) is 72.1 Å². The Labute approximate surface area is 192 Å². The first-order chi connectivity index (χ1) is 15.7. The van der Waals surface area contributed by atoms with E-state index in [4.69, 9.17) is 4.74 Å². The maximum atomic E-state index is 11.4. The van der Waals surface area contributed by atoms with Crippen LogP contribution in [-0.4, -0.2) is 20.3 Å². The minimum atomic E-state index is -0.533. The van der Waals surface area contributed by atoms with Crippen LogP contribution in [0.15, 0.2) is 60.8 Å². The van der Waals surface area contributed by atoms with Gasteiger partial charge in [0.2, 0.25) is 5.95 Å². The quantitative estimate of drug-likeness (QED) is 0.412. The highest BCUT2D eigenvalue weighted by molar-refractivity contribution is 5.81. The molecule has 0 fully saturated rings. The second-order valence-corrected chi connectivity index (χ2v) is 8.55. The van der Waals surface area contributed by atoms with E-state index < -0.39 is 5.41 Å². The number of hydrogen-bond donors (Lipinski definition) is 1. The smallest absolute Gasteiger partial charge is 0.208 e. The van der Waals surface area contributed by atoms with Crippen LogP contribution in [0.2, 0.25) is 0 Å². The Kier molecular flexibility index (Phi) is 5.84. The van der Waals surface area contributed by atoms with E-state index in [-0.39, 0.29) is 12.2 Å². The number of aromatic nitrogens is 3. The molecule has 0 aliphatic carbocycles. The summed E-state index contributed by atoms with van der Waals surface area (Å²) in [6, 6.07) is 19.4. The Hall–Kier alpha value is -4.18. The second-order valence-electron chi connectivity index (χ2n) is 8.55. The SMILES string of the molecule is CC(=O)Cc1cc(Oc2ccc3nc(Nc4ccc(C(C)(C)C#N)cc4)n(C)c3c2)ccn1. The maximum absolute atomic E-state index is 11.4. The average molecular weight is 440 g/mol. The molecule has 0 aliphatic heterocycles. The number of nitrogens with zero attached hydrogens (tertiary/aromatic N) is 4. The normalized spacial score (nSPS) is 11.2. The molecule has 4 rings (SSSR count). The summed E-state index contributed by atoms with van der Waals surface area (Å²) in [6.07, 6.45) is 1.92. The predicted molar refractivity (Wildman–Crippen MR) is 128 cm³/mol. The van der Waals surface area contributed by atoms with Crippen LogP contribution >= 0.6 is 0 Å². The maximum Gasteiger partial charge on any atom is 0.208 e. The molecule has 7 nitrogen and oxygen atoms in total. The zero-order valence-corrected chi connectivity index (χ0v) is 19.1. The van der Waals surface area contributed by atoms with E-state index in [1.807, 2.05) is 67.9 Å². The summed E-state index contributed by atoms with van der Waals surface area (Å²) in [6.45, 7) is 5.34. The lowest BCUT2D eigenvalue weighted by molar-refractivity contribution is -0.116. The number of pyridine rings is 1. The summed E-state index contributed by atoms with van der Waals surface area (Å²) in [5, 5.41) is 12.7. The zero-order chi connectivity index (χ0) is 23.6. The lowest BCUT2D eigenvalue weighted by Crippen LogP contribution is -2.13. The van der Waals surface area contributed by atoms with Crippen LogP contribution in [0.1, 0.15) is 32.0 Å². The number of carbonyl (C=O) groups excluding carboxylic acids is 1. The third kappa shape index (κ3) is 4.85. The van der Waals surface area contributed by atoms with Crippen LogP contribution < -0.4 is 10.1 Å². The molecule has 2 heterocycles. The van der Waals surface area contributed by atoms with Crippen LogP contribution in [0.3, 0.4) is 0 Å². The number of nitrogens with one attached hydrogen (secondary N) is 1. The molecule has 0 aliphatic rings. The summed E-state index contributed by atoms with van der Waals surface area (Å²) in [5.74, 6) is 2.04. The third-order valence-corrected chi connectivity index (χ3v) is 5.45. The number of hydrogen-bond acceptors (Lipinski definition) is 6. The summed E-state index contributed by atoms with van der Waals surface area (Å²) in [7, 11) is 1.94. The number of ketones is 1. The molecule has 0 amide bonds. The van der Waals surface area contributed by atoms with Crippen molar-refractivity contribution < 1.29 is 9.53 Å². The summed E-state index contributed by atoms with van der Waals surface area (Å²) < 4.78 is 7.97. The van der Waals surface area contributed by atoms with E-state index in [1.54, 1.807) is 25.3 Å². The molecule has 0 unspecified atom stereocenters. The summed E-state index contributed by atoms with van der Waals surface area (Å²) in [4.78, 5) is 20.3. The van der Waals surface area contributed by atoms with Gasteiger partial charge in [0.15, 0.2) is 0 Å². The topological polar surface area (TPSA) is 92.8 Å². The largest absolute Gasteiger partial charge is 0.457 e. The van der Waals surface area contributed by atoms with Crippen molar-refractivity contribution in [2.75, 3.05) is 5.32 Å². The number of anilines is 2. The number of ether oxygens (including phenoxy) is 1. The second kappa shape index (κ2) is 8.75. The molecule has 0 radical (unpaired) electrons. The molecule has 0 spiro atoms. The van der Waals surface area contributed by atoms with E-state index in [0.717, 1.165) is 22.3 Å². The van der Waals surface area contributed by atoms with Gasteiger partial charge in [-0.15, -0.1) is 0 Å². The highest BCUT2D eigenvalue weighted by atomic mass is 16.5. The standard InChI is InChI=1S/C26H25N5O2/c1-17(32)13-20-14-22(11-12-28-20)33-21-9-10-23-24(15-21)31(4)25(30-23)29-19-7-5-18(6-8-19)26(2,3)16-27/h5-12,14-15H,13H2,1-4H3,(H,29,30). The molecule has 4 aromatic rings. The number of fused-ring (bicyclic) bond motifs is 1. The van der Waals surface area contributed by atoms with Crippen molar-refractivity contribution in [3.63, 3.8) is 0 Å². The first kappa shape index (κ1) is 22.0. The van der Waals surface area contributed by atoms with Crippen molar-refractivity contribution in [1.29, 1.82) is 5.26 Å². The Balaban J connectivity index is 1.55. The van der Waals surface area contributed by atoms with Crippen molar-refractivity contribution in [1.82, 2.24) is 14.5 Å². The lowest BCUT2D eigenvalue weighted by atomic mass is 9.86. The first-order valence-electron chi connectivity index (χ1n) is 10.6. The molecule has 33 heavy (non-hydrogen) atoms. The Bertz CT molecular complexity index is 1360. The fraction of sp³-hybridized carbons (Fsp3) is 0.231. The van der Waals surface area contributed by atoms with Gasteiger partial charge in [0.25, 0.3) is 0 Å². The van der Waals surface area contributed by atoms with E-state index in [1.165, 1.54) is 0 Å². The Morgan fingerprint density at radius 1 is 1.12 bits per heavy atom. The Morgan fingerprint density at radius 3 is 2.55 bits per heavy atom. The number of aryl methyl sites for hydroxylation is 1. The van der Waals surface area contributed by atoms with Gasteiger partial charge in [-0.2, -0.15) is 5.26 Å². The fourth-order valence-corrected chi connectivity index (χ4v) is 3.52. The highest BCUT2D eigenvalue weighted by Crippen LogP contribution is 2.29. The van der Waals surface area contributed by atoms with Crippen LogP contribution in [0.5, 0.6) is 11.5 Å². The molecule has 0 saturated heterocycles. The molecule has 2 aromatic carbocycles. The van der Waals surface area contributed by atoms with Crippen molar-refractivity contribution in [2.24, 2.45) is 7.05 Å². The van der Waals surface area contributed by atoms with E-state index >= 15 is 0 Å². The summed E-state index contributed by atoms with van der Waals surface area (Å²) >= 11 is 0. The van der Waals surface area contributed by atoms with E-state index in [2.05, 4.69) is 21.4 Å². The number of imidazole rings is 1. The van der Waals surface area contributed by atoms with Crippen molar-refractivity contribution in [2.45, 2.75) is 32.6 Å². The molecule has 1 N–H and O–H groups in total. The number of benzene rings is 2. The Morgan fingerprint density at radius 2 is 1.85 bits per heavy atom. The molecule has 7 heteroatoms. The third-order valence-electron chi connectivity index (χ3n) is 5.45. The van der Waals surface area contributed by atoms with Crippen molar-refractivity contribution >= 4 is 28.5 Å². The zero-order valence-electron chi connectivity index (χ0n) is 19.1. The van der Waals surface area contributed by atoms with Gasteiger partial charge in [-0.25, -0.2) is 4.98 Å². The van der Waals surface area contributed by atoms with Gasteiger partial charge >= 0.3 is 0 Å². The van der Waals surface area contributed by atoms with Gasteiger partial charge in [0, 0.05) is 37.5 Å². The minimum absolute atomic E-state index is 0.0550. The van der Waals surface area contributed by atoms with Crippen LogP contribution in [0.25, 0.3) is 11.0 Å².